The highest BCUT2D eigenvalue weighted by atomic mass is 16.5. The van der Waals surface area contributed by atoms with Crippen LogP contribution in [-0.4, -0.2) is 75.7 Å². The van der Waals surface area contributed by atoms with E-state index in [1.165, 1.54) is 24.0 Å². The number of aryl methyl sites for hydroxylation is 1. The van der Waals surface area contributed by atoms with E-state index in [2.05, 4.69) is 52.5 Å². The summed E-state index contributed by atoms with van der Waals surface area (Å²) in [5.74, 6) is 1.30. The second-order valence-electron chi connectivity index (χ2n) is 11.2. The Balaban J connectivity index is 1.13. The first-order chi connectivity index (χ1) is 19.1. The molecule has 8 heteroatoms. The van der Waals surface area contributed by atoms with Crippen LogP contribution in [0.2, 0.25) is 0 Å². The minimum atomic E-state index is 0.0379. The topological polar surface area (TPSA) is 87.2 Å². The number of H-pyrrole nitrogens is 1. The molecule has 0 bridgehead atoms. The smallest absolute Gasteiger partial charge is 0.239 e. The van der Waals surface area contributed by atoms with Gasteiger partial charge in [0.1, 0.15) is 22.7 Å². The minimum Gasteiger partial charge on any atom is -0.494 e. The molecule has 0 spiro atoms. The number of benzene rings is 1. The highest BCUT2D eigenvalue weighted by Gasteiger charge is 2.38. The zero-order chi connectivity index (χ0) is 26.5. The molecule has 4 aromatic rings. The third-order valence-electron chi connectivity index (χ3n) is 8.85. The molecule has 1 aromatic carbocycles. The van der Waals surface area contributed by atoms with Crippen molar-refractivity contribution >= 4 is 16.9 Å². The Kier molecular flexibility index (Phi) is 6.07. The van der Waals surface area contributed by atoms with Gasteiger partial charge >= 0.3 is 0 Å². The molecule has 8 nitrogen and oxygen atoms in total. The number of carbonyl (C=O) groups is 1. The normalized spacial score (nSPS) is 19.7. The number of hydrogen-bond donors (Lipinski definition) is 1. The summed E-state index contributed by atoms with van der Waals surface area (Å²) in [5, 5.41) is 7.75. The van der Waals surface area contributed by atoms with E-state index >= 15 is 0 Å². The van der Waals surface area contributed by atoms with Gasteiger partial charge in [-0.05, 0) is 69.0 Å². The number of rotatable bonds is 5. The van der Waals surface area contributed by atoms with Crippen LogP contribution in [0.15, 0.2) is 42.6 Å². The van der Waals surface area contributed by atoms with Crippen LogP contribution >= 0.6 is 0 Å². The van der Waals surface area contributed by atoms with Crippen molar-refractivity contribution in [2.24, 2.45) is 0 Å². The van der Waals surface area contributed by atoms with Gasteiger partial charge in [-0.3, -0.25) is 19.8 Å². The third-order valence-corrected chi connectivity index (χ3v) is 8.85. The molecule has 3 aromatic heterocycles. The molecule has 0 radical (unpaired) electrons. The lowest BCUT2D eigenvalue weighted by atomic mass is 9.92. The predicted molar refractivity (Wildman–Crippen MR) is 151 cm³/mol. The minimum absolute atomic E-state index is 0.0379. The molecule has 7 rings (SSSR count). The summed E-state index contributed by atoms with van der Waals surface area (Å²) in [4.78, 5) is 27.1. The molecule has 2 aliphatic heterocycles. The van der Waals surface area contributed by atoms with Crippen LogP contribution in [-0.2, 0) is 17.6 Å². The van der Waals surface area contributed by atoms with Gasteiger partial charge in [0.05, 0.1) is 18.7 Å². The van der Waals surface area contributed by atoms with Crippen LogP contribution in [0.25, 0.3) is 33.5 Å². The van der Waals surface area contributed by atoms with E-state index in [4.69, 9.17) is 14.7 Å². The molecule has 39 heavy (non-hydrogen) atoms. The van der Waals surface area contributed by atoms with E-state index < -0.39 is 0 Å². The largest absolute Gasteiger partial charge is 0.494 e. The van der Waals surface area contributed by atoms with E-state index in [1.807, 2.05) is 17.2 Å². The van der Waals surface area contributed by atoms with Crippen molar-refractivity contribution in [2.45, 2.75) is 50.5 Å². The summed E-state index contributed by atoms with van der Waals surface area (Å²) in [6.45, 7) is 2.50. The molecule has 1 atom stereocenters. The Morgan fingerprint density at radius 3 is 2.77 bits per heavy atom. The van der Waals surface area contributed by atoms with Crippen molar-refractivity contribution in [3.8, 4) is 28.3 Å². The standard InChI is InChI=1S/C31H34N6O2/c1-36-14-4-3-11-26(36)31(38)37-17-21(18-37)24-13-12-20(16-32-24)28-30-25(34-35-28)15-27(39-2)29(33-30)23-10-6-8-19-7-5-9-22(19)23/h6,8,10,12-13,15-16,21,26H,3-5,7,9,11,14,17-18H2,1-2H3,(H,34,35)/t26-/m0/s1. The maximum atomic E-state index is 13.0. The Hall–Kier alpha value is -3.78. The second kappa shape index (κ2) is 9.75. The molecule has 0 saturated carbocycles. The number of fused-ring (bicyclic) bond motifs is 2. The Bertz CT molecular complexity index is 1540. The molecule has 2 saturated heterocycles. The number of methoxy groups -OCH3 is 1. The summed E-state index contributed by atoms with van der Waals surface area (Å²) in [6.07, 6.45) is 8.54. The molecule has 1 N–H and O–H groups in total. The van der Waals surface area contributed by atoms with Crippen molar-refractivity contribution in [2.75, 3.05) is 33.8 Å². The number of ether oxygens (including phenoxy) is 1. The molecule has 2 fully saturated rings. The fourth-order valence-corrected chi connectivity index (χ4v) is 6.55. The second-order valence-corrected chi connectivity index (χ2v) is 11.2. The van der Waals surface area contributed by atoms with Gasteiger partial charge in [0.15, 0.2) is 0 Å². The fourth-order valence-electron chi connectivity index (χ4n) is 6.55. The van der Waals surface area contributed by atoms with Crippen LogP contribution in [0, 0.1) is 0 Å². The highest BCUT2D eigenvalue weighted by molar-refractivity contribution is 5.93. The van der Waals surface area contributed by atoms with E-state index in [1.54, 1.807) is 7.11 Å². The molecular weight excluding hydrogens is 488 g/mol. The number of aromatic nitrogens is 4. The molecule has 1 aliphatic carbocycles. The summed E-state index contributed by atoms with van der Waals surface area (Å²) in [5.41, 5.74) is 9.17. The van der Waals surface area contributed by atoms with Crippen molar-refractivity contribution in [3.05, 3.63) is 59.4 Å². The average molecular weight is 523 g/mol. The molecule has 0 unspecified atom stereocenters. The maximum Gasteiger partial charge on any atom is 0.239 e. The zero-order valence-electron chi connectivity index (χ0n) is 22.6. The van der Waals surface area contributed by atoms with Gasteiger partial charge in [0.2, 0.25) is 5.91 Å². The number of likely N-dealkylation sites (tertiary alicyclic amines) is 2. The Morgan fingerprint density at radius 1 is 1.08 bits per heavy atom. The summed E-state index contributed by atoms with van der Waals surface area (Å²) < 4.78 is 5.76. The summed E-state index contributed by atoms with van der Waals surface area (Å²) in [6, 6.07) is 12.7. The van der Waals surface area contributed by atoms with Gasteiger partial charge in [-0.2, -0.15) is 5.10 Å². The van der Waals surface area contributed by atoms with Crippen molar-refractivity contribution in [1.82, 2.24) is 30.0 Å². The van der Waals surface area contributed by atoms with Gasteiger partial charge in [-0.1, -0.05) is 24.6 Å². The van der Waals surface area contributed by atoms with Gasteiger partial charge in [-0.15, -0.1) is 0 Å². The SMILES string of the molecule is COc1cc2[nH]nc(-c3ccc(C4CN(C(=O)[C@@H]5CCCCN5C)C4)nc3)c2nc1-c1cccc2c1CCC2. The lowest BCUT2D eigenvalue weighted by Gasteiger charge is -2.43. The van der Waals surface area contributed by atoms with Gasteiger partial charge in [0.25, 0.3) is 0 Å². The number of carbonyl (C=O) groups excluding carboxylic acids is 1. The number of hydrogen-bond acceptors (Lipinski definition) is 6. The van der Waals surface area contributed by atoms with Gasteiger partial charge in [0, 0.05) is 48.1 Å². The Labute approximate surface area is 228 Å². The molecular formula is C31H34N6O2. The number of aromatic amines is 1. The quantitative estimate of drug-likeness (QED) is 0.412. The van der Waals surface area contributed by atoms with E-state index in [0.29, 0.717) is 0 Å². The van der Waals surface area contributed by atoms with Crippen LogP contribution in [0.1, 0.15) is 48.4 Å². The van der Waals surface area contributed by atoms with E-state index in [0.717, 1.165) is 90.3 Å². The Morgan fingerprint density at radius 2 is 1.97 bits per heavy atom. The first kappa shape index (κ1) is 24.3. The lowest BCUT2D eigenvalue weighted by Crippen LogP contribution is -2.56. The van der Waals surface area contributed by atoms with Gasteiger partial charge < -0.3 is 9.64 Å². The predicted octanol–water partition coefficient (Wildman–Crippen LogP) is 4.59. The summed E-state index contributed by atoms with van der Waals surface area (Å²) in [7, 11) is 3.76. The summed E-state index contributed by atoms with van der Waals surface area (Å²) >= 11 is 0. The van der Waals surface area contributed by atoms with Crippen molar-refractivity contribution in [1.29, 1.82) is 0 Å². The zero-order valence-corrected chi connectivity index (χ0v) is 22.6. The fraction of sp³-hybridized carbons (Fsp3) is 0.419. The molecule has 1 amide bonds. The molecule has 200 valence electrons. The number of piperidine rings is 1. The average Bonchev–Trinajstić information content (AvgIpc) is 3.59. The van der Waals surface area contributed by atoms with Crippen molar-refractivity contribution < 1.29 is 9.53 Å². The monoisotopic (exact) mass is 522 g/mol. The first-order valence-electron chi connectivity index (χ1n) is 14.1. The maximum absolute atomic E-state index is 13.0. The van der Waals surface area contributed by atoms with E-state index in [9.17, 15) is 4.79 Å². The molecule has 3 aliphatic rings. The number of amides is 1. The lowest BCUT2D eigenvalue weighted by molar-refractivity contribution is -0.142. The van der Waals surface area contributed by atoms with Crippen LogP contribution in [0.5, 0.6) is 5.75 Å². The van der Waals surface area contributed by atoms with E-state index in [-0.39, 0.29) is 17.9 Å². The highest BCUT2D eigenvalue weighted by Crippen LogP contribution is 2.39. The van der Waals surface area contributed by atoms with Crippen LogP contribution in [0.3, 0.4) is 0 Å². The van der Waals surface area contributed by atoms with Gasteiger partial charge in [-0.25, -0.2) is 4.98 Å². The third kappa shape index (κ3) is 4.18. The number of pyridine rings is 2. The van der Waals surface area contributed by atoms with Crippen molar-refractivity contribution in [3.63, 3.8) is 0 Å². The number of nitrogens with zero attached hydrogens (tertiary/aromatic N) is 5. The molecule has 5 heterocycles. The number of likely N-dealkylation sites (N-methyl/N-ethyl adjacent to an activating group) is 1. The number of nitrogens with one attached hydrogen (secondary N) is 1. The van der Waals surface area contributed by atoms with Crippen LogP contribution in [0.4, 0.5) is 0 Å². The van der Waals surface area contributed by atoms with Crippen LogP contribution < -0.4 is 4.74 Å². The first-order valence-corrected chi connectivity index (χ1v) is 14.1.